The molecular weight excluding hydrogens is 329 g/mol. The van der Waals surface area contributed by atoms with Gasteiger partial charge in [-0.2, -0.15) is 4.39 Å². The molecule has 0 heterocycles. The van der Waals surface area contributed by atoms with Gasteiger partial charge in [0.1, 0.15) is 0 Å². The molecule has 0 unspecified atom stereocenters. The molecule has 136 valence electrons. The third-order valence-corrected chi connectivity index (χ3v) is 3.80. The minimum Gasteiger partial charge on any atom is -0.491 e. The summed E-state index contributed by atoms with van der Waals surface area (Å²) in [5.74, 6) is -2.73. The van der Waals surface area contributed by atoms with Gasteiger partial charge in [0.2, 0.25) is 5.82 Å². The van der Waals surface area contributed by atoms with Gasteiger partial charge in [0.15, 0.2) is 23.1 Å². The van der Waals surface area contributed by atoms with Gasteiger partial charge in [-0.1, -0.05) is 32.8 Å². The lowest BCUT2D eigenvalue weighted by Crippen LogP contribution is -2.02. The van der Waals surface area contributed by atoms with E-state index in [2.05, 4.69) is 0 Å². The van der Waals surface area contributed by atoms with Gasteiger partial charge in [-0.15, -0.1) is 0 Å². The molecule has 0 bridgehead atoms. The van der Waals surface area contributed by atoms with Gasteiger partial charge in [-0.3, -0.25) is 0 Å². The van der Waals surface area contributed by atoms with Crippen LogP contribution in [-0.4, -0.2) is 13.2 Å². The highest BCUT2D eigenvalue weighted by Crippen LogP contribution is 2.32. The predicted octanol–water partition coefficient (Wildman–Crippen LogP) is 6.13. The van der Waals surface area contributed by atoms with Gasteiger partial charge in [0, 0.05) is 5.56 Å². The fourth-order valence-corrected chi connectivity index (χ4v) is 2.30. The summed E-state index contributed by atoms with van der Waals surface area (Å²) in [5, 5.41) is 0. The fourth-order valence-electron chi connectivity index (χ4n) is 2.30. The topological polar surface area (TPSA) is 18.5 Å². The smallest absolute Gasteiger partial charge is 0.201 e. The van der Waals surface area contributed by atoms with E-state index in [1.807, 2.05) is 13.8 Å². The quantitative estimate of drug-likeness (QED) is 0.506. The molecule has 0 N–H and O–H groups in total. The van der Waals surface area contributed by atoms with Gasteiger partial charge in [-0.05, 0) is 42.7 Å². The Morgan fingerprint density at radius 2 is 1.36 bits per heavy atom. The van der Waals surface area contributed by atoms with Gasteiger partial charge < -0.3 is 9.47 Å². The van der Waals surface area contributed by atoms with Crippen molar-refractivity contribution in [3.05, 3.63) is 47.8 Å². The summed E-state index contributed by atoms with van der Waals surface area (Å²) in [5.41, 5.74) is 0.233. The predicted molar refractivity (Wildman–Crippen MR) is 92.6 cm³/mol. The van der Waals surface area contributed by atoms with Gasteiger partial charge >= 0.3 is 0 Å². The van der Waals surface area contributed by atoms with Crippen molar-refractivity contribution >= 4 is 0 Å². The van der Waals surface area contributed by atoms with E-state index < -0.39 is 17.5 Å². The van der Waals surface area contributed by atoms with Crippen LogP contribution in [-0.2, 0) is 0 Å². The van der Waals surface area contributed by atoms with Crippen molar-refractivity contribution in [3.8, 4) is 22.6 Å². The highest BCUT2D eigenvalue weighted by atomic mass is 19.2. The minimum absolute atomic E-state index is 0.0145. The minimum atomic E-state index is -1.06. The molecule has 0 aliphatic rings. The molecule has 0 aliphatic carbocycles. The van der Waals surface area contributed by atoms with E-state index in [1.54, 1.807) is 0 Å². The first-order valence-electron chi connectivity index (χ1n) is 8.62. The number of halogens is 3. The van der Waals surface area contributed by atoms with Crippen LogP contribution in [0, 0.1) is 17.5 Å². The van der Waals surface area contributed by atoms with Crippen LogP contribution in [0.1, 0.15) is 39.5 Å². The summed E-state index contributed by atoms with van der Waals surface area (Å²) in [6.07, 6.45) is 3.42. The van der Waals surface area contributed by atoms with Crippen molar-refractivity contribution in [3.63, 3.8) is 0 Å². The summed E-state index contributed by atoms with van der Waals surface area (Å²) >= 11 is 0. The SMILES string of the molecule is CCCCOc1ccc(-c2ccc(OCCCC)c(F)c2F)cc1F. The van der Waals surface area contributed by atoms with Crippen molar-refractivity contribution < 1.29 is 22.6 Å². The molecule has 0 fully saturated rings. The average Bonchev–Trinajstić information content (AvgIpc) is 2.60. The number of unbranched alkanes of at least 4 members (excludes halogenated alkanes) is 2. The normalized spacial score (nSPS) is 10.8. The molecule has 2 nitrogen and oxygen atoms in total. The summed E-state index contributed by atoms with van der Waals surface area (Å²) in [6, 6.07) is 6.86. The molecule has 2 rings (SSSR count). The second-order valence-electron chi connectivity index (χ2n) is 5.79. The van der Waals surface area contributed by atoms with Crippen molar-refractivity contribution in [2.75, 3.05) is 13.2 Å². The molecule has 0 aliphatic heterocycles. The molecule has 2 aromatic carbocycles. The number of hydrogen-bond acceptors (Lipinski definition) is 2. The Morgan fingerprint density at radius 3 is 1.96 bits per heavy atom. The van der Waals surface area contributed by atoms with E-state index in [0.29, 0.717) is 13.2 Å². The Balaban J connectivity index is 2.20. The molecule has 0 atom stereocenters. The van der Waals surface area contributed by atoms with Crippen LogP contribution >= 0.6 is 0 Å². The summed E-state index contributed by atoms with van der Waals surface area (Å²) < 4.78 is 53.2. The molecule has 0 saturated carbocycles. The van der Waals surface area contributed by atoms with Gasteiger partial charge in [-0.25, -0.2) is 8.78 Å². The molecule has 0 aromatic heterocycles. The zero-order valence-corrected chi connectivity index (χ0v) is 14.6. The van der Waals surface area contributed by atoms with Crippen molar-refractivity contribution in [1.82, 2.24) is 0 Å². The van der Waals surface area contributed by atoms with E-state index >= 15 is 0 Å². The molecule has 0 spiro atoms. The standard InChI is InChI=1S/C20H23F3O2/c1-3-5-11-24-17-9-7-14(13-16(17)21)15-8-10-18(20(23)19(15)22)25-12-6-4-2/h7-10,13H,3-6,11-12H2,1-2H3. The van der Waals surface area contributed by atoms with Crippen LogP contribution in [0.2, 0.25) is 0 Å². The third kappa shape index (κ3) is 4.91. The lowest BCUT2D eigenvalue weighted by Gasteiger charge is -2.11. The first-order chi connectivity index (χ1) is 12.1. The highest BCUT2D eigenvalue weighted by molar-refractivity contribution is 5.66. The Labute approximate surface area is 146 Å². The lowest BCUT2D eigenvalue weighted by atomic mass is 10.0. The number of hydrogen-bond donors (Lipinski definition) is 0. The van der Waals surface area contributed by atoms with Crippen molar-refractivity contribution in [2.45, 2.75) is 39.5 Å². The molecule has 2 aromatic rings. The maximum atomic E-state index is 14.3. The second-order valence-corrected chi connectivity index (χ2v) is 5.79. The zero-order valence-electron chi connectivity index (χ0n) is 14.6. The molecule has 0 amide bonds. The Hall–Kier alpha value is -2.17. The third-order valence-electron chi connectivity index (χ3n) is 3.80. The van der Waals surface area contributed by atoms with Crippen LogP contribution in [0.15, 0.2) is 30.3 Å². The fraction of sp³-hybridized carbons (Fsp3) is 0.400. The van der Waals surface area contributed by atoms with Crippen LogP contribution in [0.3, 0.4) is 0 Å². The van der Waals surface area contributed by atoms with Crippen LogP contribution in [0.4, 0.5) is 13.2 Å². The second kappa shape index (κ2) is 9.35. The summed E-state index contributed by atoms with van der Waals surface area (Å²) in [4.78, 5) is 0. The van der Waals surface area contributed by atoms with Gasteiger partial charge in [0.25, 0.3) is 0 Å². The number of benzene rings is 2. The van der Waals surface area contributed by atoms with E-state index in [0.717, 1.165) is 31.7 Å². The van der Waals surface area contributed by atoms with Crippen LogP contribution < -0.4 is 9.47 Å². The first-order valence-corrected chi connectivity index (χ1v) is 8.62. The zero-order chi connectivity index (χ0) is 18.2. The van der Waals surface area contributed by atoms with E-state index in [1.165, 1.54) is 24.3 Å². The van der Waals surface area contributed by atoms with E-state index in [-0.39, 0.29) is 22.6 Å². The maximum absolute atomic E-state index is 14.3. The molecular formula is C20H23F3O2. The monoisotopic (exact) mass is 352 g/mol. The van der Waals surface area contributed by atoms with Crippen LogP contribution in [0.25, 0.3) is 11.1 Å². The maximum Gasteiger partial charge on any atom is 0.201 e. The summed E-state index contributed by atoms with van der Waals surface area (Å²) in [7, 11) is 0. The lowest BCUT2D eigenvalue weighted by molar-refractivity contribution is 0.289. The van der Waals surface area contributed by atoms with Gasteiger partial charge in [0.05, 0.1) is 13.2 Å². The highest BCUT2D eigenvalue weighted by Gasteiger charge is 2.17. The van der Waals surface area contributed by atoms with E-state index in [9.17, 15) is 13.2 Å². The van der Waals surface area contributed by atoms with Crippen molar-refractivity contribution in [1.29, 1.82) is 0 Å². The van der Waals surface area contributed by atoms with Crippen LogP contribution in [0.5, 0.6) is 11.5 Å². The van der Waals surface area contributed by atoms with E-state index in [4.69, 9.17) is 9.47 Å². The molecule has 25 heavy (non-hydrogen) atoms. The molecule has 0 saturated heterocycles. The number of rotatable bonds is 9. The average molecular weight is 352 g/mol. The molecule has 5 heteroatoms. The Kier molecular flexibility index (Phi) is 7.16. The number of ether oxygens (including phenoxy) is 2. The Bertz CT molecular complexity index is 702. The largest absolute Gasteiger partial charge is 0.491 e. The first kappa shape index (κ1) is 19.2. The van der Waals surface area contributed by atoms with Crippen molar-refractivity contribution in [2.24, 2.45) is 0 Å². The Morgan fingerprint density at radius 1 is 0.760 bits per heavy atom. The molecule has 0 radical (unpaired) electrons. The summed E-state index contributed by atoms with van der Waals surface area (Å²) in [6.45, 7) is 4.73.